The van der Waals surface area contributed by atoms with Crippen molar-refractivity contribution in [1.29, 1.82) is 0 Å². The van der Waals surface area contributed by atoms with Gasteiger partial charge in [0.1, 0.15) is 5.60 Å². The topological polar surface area (TPSA) is 75.6 Å². The molecule has 0 radical (unpaired) electrons. The molecule has 0 aliphatic carbocycles. The quantitative estimate of drug-likeness (QED) is 0.851. The van der Waals surface area contributed by atoms with E-state index in [9.17, 15) is 9.59 Å². The predicted octanol–water partition coefficient (Wildman–Crippen LogP) is 3.86. The minimum absolute atomic E-state index is 0.189. The molecule has 1 heterocycles. The van der Waals surface area contributed by atoms with E-state index in [2.05, 4.69) is 21.2 Å². The third kappa shape index (κ3) is 5.50. The lowest BCUT2D eigenvalue weighted by Gasteiger charge is -2.22. The number of thiophene rings is 1. The molecule has 0 spiro atoms. The summed E-state index contributed by atoms with van der Waals surface area (Å²) >= 11 is 4.83. The van der Waals surface area contributed by atoms with Crippen LogP contribution in [-0.4, -0.2) is 22.8 Å². The number of alkyl carbamates (subject to hydrolysis) is 1. The fraction of sp³-hybridized carbons (Fsp3) is 0.538. The highest BCUT2D eigenvalue weighted by atomic mass is 79.9. The Balaban J connectivity index is 2.85. The standard InChI is InChI=1S/C13H18BrNO4S/c1-7-8(14)5-10(20-7)9(6-11(16)17)15-12(18)19-13(2,3)4/h5,9H,6H2,1-4H3,(H,15,18)(H,16,17)/t9-/m0/s1. The van der Waals surface area contributed by atoms with Crippen LogP contribution in [0.4, 0.5) is 4.79 Å². The van der Waals surface area contributed by atoms with E-state index in [0.717, 1.165) is 14.2 Å². The van der Waals surface area contributed by atoms with Gasteiger partial charge in [0.25, 0.3) is 0 Å². The average molecular weight is 364 g/mol. The van der Waals surface area contributed by atoms with E-state index in [1.54, 1.807) is 20.8 Å². The van der Waals surface area contributed by atoms with Crippen molar-refractivity contribution in [3.05, 3.63) is 20.3 Å². The summed E-state index contributed by atoms with van der Waals surface area (Å²) in [5.74, 6) is -0.978. The smallest absolute Gasteiger partial charge is 0.408 e. The Hall–Kier alpha value is -1.08. The van der Waals surface area contributed by atoms with Gasteiger partial charge >= 0.3 is 12.1 Å². The predicted molar refractivity (Wildman–Crippen MR) is 81.1 cm³/mol. The van der Waals surface area contributed by atoms with E-state index in [1.165, 1.54) is 11.3 Å². The molecule has 2 N–H and O–H groups in total. The van der Waals surface area contributed by atoms with Crippen LogP contribution < -0.4 is 5.32 Å². The molecule has 1 atom stereocenters. The second-order valence-corrected chi connectivity index (χ2v) is 7.49. The van der Waals surface area contributed by atoms with E-state index >= 15 is 0 Å². The van der Waals surface area contributed by atoms with Gasteiger partial charge in [-0.25, -0.2) is 4.79 Å². The number of nitrogens with one attached hydrogen (secondary N) is 1. The molecule has 20 heavy (non-hydrogen) atoms. The lowest BCUT2D eigenvalue weighted by Crippen LogP contribution is -2.35. The van der Waals surface area contributed by atoms with Gasteiger partial charge in [-0.1, -0.05) is 0 Å². The van der Waals surface area contributed by atoms with Crippen LogP contribution in [0.15, 0.2) is 10.5 Å². The summed E-state index contributed by atoms with van der Waals surface area (Å²) in [5.41, 5.74) is -0.621. The number of amides is 1. The molecule has 1 rings (SSSR count). The first-order valence-corrected chi connectivity index (χ1v) is 7.66. The van der Waals surface area contributed by atoms with Crippen LogP contribution in [0.3, 0.4) is 0 Å². The van der Waals surface area contributed by atoms with E-state index in [-0.39, 0.29) is 6.42 Å². The van der Waals surface area contributed by atoms with Crippen LogP contribution in [0, 0.1) is 6.92 Å². The molecule has 0 saturated heterocycles. The molecule has 0 bridgehead atoms. The van der Waals surface area contributed by atoms with Gasteiger partial charge in [-0.3, -0.25) is 4.79 Å². The number of carboxylic acids is 1. The third-order valence-corrected chi connectivity index (χ3v) is 4.54. The third-order valence-electron chi connectivity index (χ3n) is 2.29. The van der Waals surface area contributed by atoms with Crippen molar-refractivity contribution in [3.63, 3.8) is 0 Å². The number of ether oxygens (including phenoxy) is 1. The Morgan fingerprint density at radius 2 is 2.10 bits per heavy atom. The summed E-state index contributed by atoms with van der Waals surface area (Å²) < 4.78 is 6.06. The van der Waals surface area contributed by atoms with Crippen LogP contribution in [0.5, 0.6) is 0 Å². The summed E-state index contributed by atoms with van der Waals surface area (Å²) in [6.45, 7) is 7.18. The maximum Gasteiger partial charge on any atom is 0.408 e. The molecule has 0 fully saturated rings. The van der Waals surface area contributed by atoms with Gasteiger partial charge in [0.2, 0.25) is 0 Å². The summed E-state index contributed by atoms with van der Waals surface area (Å²) in [6.07, 6.45) is -0.808. The van der Waals surface area contributed by atoms with Gasteiger partial charge in [-0.05, 0) is 49.7 Å². The molecule has 0 aliphatic rings. The Labute approximate surface area is 130 Å². The Morgan fingerprint density at radius 1 is 1.50 bits per heavy atom. The van der Waals surface area contributed by atoms with Crippen LogP contribution in [0.25, 0.3) is 0 Å². The molecular weight excluding hydrogens is 346 g/mol. The fourth-order valence-electron chi connectivity index (χ4n) is 1.50. The minimum atomic E-state index is -0.978. The summed E-state index contributed by atoms with van der Waals surface area (Å²) in [4.78, 5) is 24.5. The van der Waals surface area contributed by atoms with Crippen molar-refractivity contribution in [3.8, 4) is 0 Å². The lowest BCUT2D eigenvalue weighted by molar-refractivity contribution is -0.137. The van der Waals surface area contributed by atoms with E-state index in [1.807, 2.05) is 13.0 Å². The summed E-state index contributed by atoms with van der Waals surface area (Å²) in [7, 11) is 0. The molecule has 5 nitrogen and oxygen atoms in total. The van der Waals surface area contributed by atoms with Crippen molar-refractivity contribution < 1.29 is 19.4 Å². The first-order valence-electron chi connectivity index (χ1n) is 6.05. The van der Waals surface area contributed by atoms with E-state index in [4.69, 9.17) is 9.84 Å². The highest BCUT2D eigenvalue weighted by Crippen LogP contribution is 2.32. The van der Waals surface area contributed by atoms with Crippen molar-refractivity contribution >= 4 is 39.3 Å². The Kier molecular flexibility index (Phi) is 5.59. The zero-order valence-corrected chi connectivity index (χ0v) is 14.2. The number of carboxylic acid groups (broad SMARTS) is 1. The van der Waals surface area contributed by atoms with Gasteiger partial charge in [0, 0.05) is 14.2 Å². The SMILES string of the molecule is Cc1sc([C@H](CC(=O)O)NC(=O)OC(C)(C)C)cc1Br. The van der Waals surface area contributed by atoms with Gasteiger partial charge in [-0.2, -0.15) is 0 Å². The first kappa shape index (κ1) is 17.0. The molecule has 0 aromatic carbocycles. The largest absolute Gasteiger partial charge is 0.481 e. The van der Waals surface area contributed by atoms with Gasteiger partial charge < -0.3 is 15.2 Å². The number of rotatable bonds is 4. The molecule has 1 aromatic heterocycles. The van der Waals surface area contributed by atoms with Crippen molar-refractivity contribution in [2.45, 2.75) is 45.8 Å². The second kappa shape index (κ2) is 6.58. The molecular formula is C13H18BrNO4S. The van der Waals surface area contributed by atoms with Gasteiger partial charge in [0.15, 0.2) is 0 Å². The zero-order chi connectivity index (χ0) is 15.5. The minimum Gasteiger partial charge on any atom is -0.481 e. The number of aryl methyl sites for hydroxylation is 1. The average Bonchev–Trinajstić information content (AvgIpc) is 2.54. The molecule has 112 valence electrons. The number of carbonyl (C=O) groups is 2. The number of hydrogen-bond acceptors (Lipinski definition) is 4. The molecule has 7 heteroatoms. The first-order chi connectivity index (χ1) is 9.08. The lowest BCUT2D eigenvalue weighted by atomic mass is 10.1. The monoisotopic (exact) mass is 363 g/mol. The van der Waals surface area contributed by atoms with Crippen LogP contribution in [0.1, 0.15) is 43.0 Å². The molecule has 0 aliphatic heterocycles. The van der Waals surface area contributed by atoms with Crippen molar-refractivity contribution in [1.82, 2.24) is 5.32 Å². The maximum atomic E-state index is 11.8. The Morgan fingerprint density at radius 3 is 2.50 bits per heavy atom. The van der Waals surface area contributed by atoms with E-state index < -0.39 is 23.7 Å². The molecule has 1 aromatic rings. The van der Waals surface area contributed by atoms with E-state index in [0.29, 0.717) is 0 Å². The van der Waals surface area contributed by atoms with Crippen molar-refractivity contribution in [2.75, 3.05) is 0 Å². The number of carbonyl (C=O) groups excluding carboxylic acids is 1. The maximum absolute atomic E-state index is 11.8. The summed E-state index contributed by atoms with van der Waals surface area (Å²) in [5, 5.41) is 11.6. The molecule has 0 unspecified atom stereocenters. The zero-order valence-electron chi connectivity index (χ0n) is 11.8. The van der Waals surface area contributed by atoms with Gasteiger partial charge in [0.05, 0.1) is 12.5 Å². The summed E-state index contributed by atoms with van der Waals surface area (Å²) in [6, 6.07) is 1.22. The van der Waals surface area contributed by atoms with Crippen molar-refractivity contribution in [2.24, 2.45) is 0 Å². The molecule has 1 amide bonds. The molecule has 0 saturated carbocycles. The van der Waals surface area contributed by atoms with Crippen LogP contribution in [0.2, 0.25) is 0 Å². The van der Waals surface area contributed by atoms with Crippen LogP contribution in [-0.2, 0) is 9.53 Å². The second-order valence-electron chi connectivity index (χ2n) is 5.35. The number of halogens is 1. The highest BCUT2D eigenvalue weighted by molar-refractivity contribution is 9.10. The van der Waals surface area contributed by atoms with Gasteiger partial charge in [-0.15, -0.1) is 11.3 Å². The normalized spacial score (nSPS) is 12.8. The number of aliphatic carboxylic acids is 1. The van der Waals surface area contributed by atoms with Crippen LogP contribution >= 0.6 is 27.3 Å². The Bertz CT molecular complexity index is 487. The highest BCUT2D eigenvalue weighted by Gasteiger charge is 2.24. The fourth-order valence-corrected chi connectivity index (χ4v) is 3.11. The number of hydrogen-bond donors (Lipinski definition) is 2.